The Hall–Kier alpha value is -1.01. The molecule has 6 heteroatoms. The maximum Gasteiger partial charge on any atom is 0.254 e. The van der Waals surface area contributed by atoms with E-state index in [-0.39, 0.29) is 18.3 Å². The molecule has 2 aromatic rings. The zero-order valence-electron chi connectivity index (χ0n) is 13.8. The number of nitrogens with zero attached hydrogens (tertiary/aromatic N) is 1. The summed E-state index contributed by atoms with van der Waals surface area (Å²) < 4.78 is 1.08. The number of amides is 1. The number of likely N-dealkylation sites (N-methyl/N-ethyl adjacent to an activating group) is 2. The summed E-state index contributed by atoms with van der Waals surface area (Å²) in [6.07, 6.45) is 0. The molecule has 3 nitrogen and oxygen atoms in total. The van der Waals surface area contributed by atoms with Crippen molar-refractivity contribution in [1.82, 2.24) is 10.2 Å². The smallest absolute Gasteiger partial charge is 0.254 e. The molecule has 2 aromatic carbocycles. The third kappa shape index (κ3) is 6.13. The van der Waals surface area contributed by atoms with Crippen molar-refractivity contribution in [2.45, 2.75) is 10.6 Å². The highest BCUT2D eigenvalue weighted by Crippen LogP contribution is 2.27. The van der Waals surface area contributed by atoms with Crippen LogP contribution in [0.3, 0.4) is 0 Å². The molecular formula is C18H22BrClN2OS. The van der Waals surface area contributed by atoms with Crippen LogP contribution < -0.4 is 5.32 Å². The van der Waals surface area contributed by atoms with E-state index in [0.717, 1.165) is 27.2 Å². The Labute approximate surface area is 162 Å². The van der Waals surface area contributed by atoms with Crippen LogP contribution in [0, 0.1) is 0 Å². The van der Waals surface area contributed by atoms with E-state index in [9.17, 15) is 4.79 Å². The highest BCUT2D eigenvalue weighted by Gasteiger charge is 2.15. The van der Waals surface area contributed by atoms with Gasteiger partial charge in [-0.15, -0.1) is 24.2 Å². The number of rotatable bonds is 7. The van der Waals surface area contributed by atoms with Crippen LogP contribution >= 0.6 is 40.1 Å². The molecule has 0 atom stereocenters. The first-order valence-electron chi connectivity index (χ1n) is 7.48. The number of hydrogen-bond acceptors (Lipinski definition) is 3. The van der Waals surface area contributed by atoms with Crippen LogP contribution in [0.2, 0.25) is 0 Å². The van der Waals surface area contributed by atoms with Gasteiger partial charge in [0, 0.05) is 35.3 Å². The summed E-state index contributed by atoms with van der Waals surface area (Å²) in [5, 5.41) is 3.07. The van der Waals surface area contributed by atoms with Gasteiger partial charge in [0.25, 0.3) is 5.91 Å². The molecule has 1 amide bonds. The first-order chi connectivity index (χ1) is 11.1. The highest BCUT2D eigenvalue weighted by molar-refractivity contribution is 9.10. The summed E-state index contributed by atoms with van der Waals surface area (Å²) in [6, 6.07) is 16.1. The van der Waals surface area contributed by atoms with Crippen LogP contribution in [0.1, 0.15) is 15.9 Å². The van der Waals surface area contributed by atoms with Gasteiger partial charge in [-0.2, -0.15) is 0 Å². The Bertz CT molecular complexity index is 652. The summed E-state index contributed by atoms with van der Waals surface area (Å²) in [5.41, 5.74) is 2.01. The predicted octanol–water partition coefficient (Wildman–Crippen LogP) is 4.45. The van der Waals surface area contributed by atoms with Crippen molar-refractivity contribution in [2.75, 3.05) is 27.2 Å². The second-order valence-corrected chi connectivity index (χ2v) is 7.17. The van der Waals surface area contributed by atoms with E-state index >= 15 is 0 Å². The van der Waals surface area contributed by atoms with Crippen LogP contribution in [0.4, 0.5) is 0 Å². The zero-order chi connectivity index (χ0) is 16.7. The Kier molecular flexibility index (Phi) is 9.44. The van der Waals surface area contributed by atoms with Gasteiger partial charge >= 0.3 is 0 Å². The van der Waals surface area contributed by atoms with Crippen molar-refractivity contribution in [1.29, 1.82) is 0 Å². The molecule has 0 aliphatic carbocycles. The molecule has 0 heterocycles. The van der Waals surface area contributed by atoms with Gasteiger partial charge < -0.3 is 10.2 Å². The lowest BCUT2D eigenvalue weighted by atomic mass is 10.2. The first-order valence-corrected chi connectivity index (χ1v) is 9.26. The maximum absolute atomic E-state index is 12.6. The van der Waals surface area contributed by atoms with E-state index in [0.29, 0.717) is 6.54 Å². The van der Waals surface area contributed by atoms with Gasteiger partial charge in [0.05, 0.1) is 5.56 Å². The molecule has 0 radical (unpaired) electrons. The van der Waals surface area contributed by atoms with Gasteiger partial charge in [-0.05, 0) is 36.9 Å². The lowest BCUT2D eigenvalue weighted by Crippen LogP contribution is -2.33. The summed E-state index contributed by atoms with van der Waals surface area (Å²) in [5.74, 6) is 0.914. The Morgan fingerprint density at radius 1 is 1.17 bits per heavy atom. The van der Waals surface area contributed by atoms with Gasteiger partial charge in [-0.25, -0.2) is 0 Å². The fraction of sp³-hybridized carbons (Fsp3) is 0.278. The van der Waals surface area contributed by atoms with Crippen molar-refractivity contribution in [3.8, 4) is 0 Å². The summed E-state index contributed by atoms with van der Waals surface area (Å²) >= 11 is 5.14. The van der Waals surface area contributed by atoms with E-state index in [1.165, 1.54) is 5.56 Å². The van der Waals surface area contributed by atoms with Gasteiger partial charge in [0.15, 0.2) is 0 Å². The normalized spacial score (nSPS) is 10.1. The molecule has 0 aliphatic heterocycles. The molecule has 0 aromatic heterocycles. The average Bonchev–Trinajstić information content (AvgIpc) is 2.58. The number of hydrogen-bond donors (Lipinski definition) is 1. The molecule has 130 valence electrons. The van der Waals surface area contributed by atoms with Crippen LogP contribution in [-0.2, 0) is 5.75 Å². The van der Waals surface area contributed by atoms with Crippen molar-refractivity contribution in [2.24, 2.45) is 0 Å². The molecule has 1 N–H and O–H groups in total. The number of benzene rings is 2. The molecule has 0 unspecified atom stereocenters. The predicted molar refractivity (Wildman–Crippen MR) is 108 cm³/mol. The monoisotopic (exact) mass is 428 g/mol. The quantitative estimate of drug-likeness (QED) is 0.660. The van der Waals surface area contributed by atoms with E-state index in [4.69, 9.17) is 0 Å². The second-order valence-electron chi connectivity index (χ2n) is 5.24. The Balaban J connectivity index is 0.00000288. The molecule has 0 bridgehead atoms. The maximum atomic E-state index is 12.6. The molecule has 2 rings (SSSR count). The van der Waals surface area contributed by atoms with E-state index in [1.54, 1.807) is 16.7 Å². The fourth-order valence-corrected chi connectivity index (χ4v) is 3.36. The van der Waals surface area contributed by atoms with Crippen molar-refractivity contribution in [3.05, 3.63) is 64.1 Å². The van der Waals surface area contributed by atoms with E-state index in [2.05, 4.69) is 33.4 Å². The minimum atomic E-state index is 0. The minimum Gasteiger partial charge on any atom is -0.340 e. The molecule has 0 saturated carbocycles. The zero-order valence-corrected chi connectivity index (χ0v) is 17.0. The lowest BCUT2D eigenvalue weighted by molar-refractivity contribution is 0.0793. The molecule has 0 aliphatic rings. The standard InChI is InChI=1S/C18H21BrN2OS.ClH/c1-20-11-12-21(2)18(22)16-5-3-4-6-17(16)23-13-14-7-9-15(19)10-8-14;/h3-10,20H,11-13H2,1-2H3;1H. The van der Waals surface area contributed by atoms with Crippen LogP contribution in [-0.4, -0.2) is 38.0 Å². The van der Waals surface area contributed by atoms with Gasteiger partial charge in [-0.3, -0.25) is 4.79 Å². The number of thioether (sulfide) groups is 1. The van der Waals surface area contributed by atoms with Gasteiger partial charge in [0.2, 0.25) is 0 Å². The number of carbonyl (C=O) groups excluding carboxylic acids is 1. The second kappa shape index (κ2) is 10.8. The summed E-state index contributed by atoms with van der Waals surface area (Å²) in [4.78, 5) is 15.4. The number of carbonyl (C=O) groups is 1. The molecule has 0 spiro atoms. The average molecular weight is 430 g/mol. The van der Waals surface area contributed by atoms with Gasteiger partial charge in [-0.1, -0.05) is 40.2 Å². The molecule has 24 heavy (non-hydrogen) atoms. The third-order valence-electron chi connectivity index (χ3n) is 3.47. The molecule has 0 fully saturated rings. The summed E-state index contributed by atoms with van der Waals surface area (Å²) in [6.45, 7) is 1.48. The number of nitrogens with one attached hydrogen (secondary N) is 1. The number of halogens is 2. The topological polar surface area (TPSA) is 32.3 Å². The van der Waals surface area contributed by atoms with Crippen LogP contribution in [0.25, 0.3) is 0 Å². The van der Waals surface area contributed by atoms with E-state index < -0.39 is 0 Å². The fourth-order valence-electron chi connectivity index (χ4n) is 2.10. The SMILES string of the molecule is CNCCN(C)C(=O)c1ccccc1SCc1ccc(Br)cc1.Cl. The molecular weight excluding hydrogens is 408 g/mol. The van der Waals surface area contributed by atoms with Crippen molar-refractivity contribution >= 4 is 46.0 Å². The van der Waals surface area contributed by atoms with Crippen LogP contribution in [0.5, 0.6) is 0 Å². The first kappa shape index (κ1) is 21.0. The van der Waals surface area contributed by atoms with Crippen LogP contribution in [0.15, 0.2) is 57.9 Å². The highest BCUT2D eigenvalue weighted by atomic mass is 79.9. The lowest BCUT2D eigenvalue weighted by Gasteiger charge is -2.18. The van der Waals surface area contributed by atoms with Gasteiger partial charge in [0.1, 0.15) is 0 Å². The van der Waals surface area contributed by atoms with Crippen molar-refractivity contribution < 1.29 is 4.79 Å². The molecule has 0 saturated heterocycles. The largest absolute Gasteiger partial charge is 0.340 e. The van der Waals surface area contributed by atoms with Crippen molar-refractivity contribution in [3.63, 3.8) is 0 Å². The summed E-state index contributed by atoms with van der Waals surface area (Å²) in [7, 11) is 3.73. The Morgan fingerprint density at radius 2 is 1.83 bits per heavy atom. The van der Waals surface area contributed by atoms with E-state index in [1.807, 2.05) is 50.5 Å². The third-order valence-corrected chi connectivity index (χ3v) is 5.14. The Morgan fingerprint density at radius 3 is 2.50 bits per heavy atom. The minimum absolute atomic E-state index is 0.